The average Bonchev–Trinajstić information content (AvgIpc) is 2.15. The number of hydrogen-bond donors (Lipinski definition) is 1. The number of halogens is 2. The Morgan fingerprint density at radius 3 is 2.86 bits per heavy atom. The molecule has 0 amide bonds. The Kier molecular flexibility index (Phi) is 4.22. The van der Waals surface area contributed by atoms with Gasteiger partial charge in [0.15, 0.2) is 6.61 Å². The van der Waals surface area contributed by atoms with Crippen molar-refractivity contribution >= 4 is 33.5 Å². The van der Waals surface area contributed by atoms with Crippen LogP contribution < -0.4 is 4.74 Å². The van der Waals surface area contributed by atoms with Crippen LogP contribution in [0.1, 0.15) is 5.56 Å². The maximum atomic E-state index is 10.3. The molecule has 14 heavy (non-hydrogen) atoms. The molecule has 0 spiro atoms. The van der Waals surface area contributed by atoms with E-state index in [9.17, 15) is 4.79 Å². The quantitative estimate of drug-likeness (QED) is 0.862. The smallest absolute Gasteiger partial charge is 0.341 e. The van der Waals surface area contributed by atoms with E-state index in [1.165, 1.54) is 0 Å². The van der Waals surface area contributed by atoms with Gasteiger partial charge in [0.05, 0.1) is 5.88 Å². The molecule has 5 heteroatoms. The summed E-state index contributed by atoms with van der Waals surface area (Å²) in [6.07, 6.45) is 0. The minimum Gasteiger partial charge on any atom is -0.482 e. The molecule has 0 unspecified atom stereocenters. The first-order chi connectivity index (χ1) is 6.63. The fourth-order valence-corrected chi connectivity index (χ4v) is 1.55. The van der Waals surface area contributed by atoms with E-state index in [1.54, 1.807) is 18.2 Å². The topological polar surface area (TPSA) is 46.5 Å². The van der Waals surface area contributed by atoms with E-state index in [0.717, 1.165) is 10.0 Å². The van der Waals surface area contributed by atoms with Crippen molar-refractivity contribution < 1.29 is 14.6 Å². The Hall–Kier alpha value is -0.740. The van der Waals surface area contributed by atoms with Gasteiger partial charge in [-0.3, -0.25) is 0 Å². The van der Waals surface area contributed by atoms with E-state index in [4.69, 9.17) is 21.4 Å². The molecular weight excluding hydrogens is 271 g/mol. The van der Waals surface area contributed by atoms with Crippen LogP contribution in [-0.2, 0) is 10.7 Å². The van der Waals surface area contributed by atoms with E-state index >= 15 is 0 Å². The van der Waals surface area contributed by atoms with Crippen LogP contribution in [-0.4, -0.2) is 17.7 Å². The fraction of sp³-hybridized carbons (Fsp3) is 0.222. The number of rotatable bonds is 4. The average molecular weight is 280 g/mol. The van der Waals surface area contributed by atoms with Crippen LogP contribution in [0.3, 0.4) is 0 Å². The van der Waals surface area contributed by atoms with E-state index in [1.807, 2.05) is 0 Å². The first-order valence-corrected chi connectivity index (χ1v) is 5.15. The second kappa shape index (κ2) is 5.22. The van der Waals surface area contributed by atoms with Crippen LogP contribution in [0.15, 0.2) is 22.7 Å². The third-order valence-corrected chi connectivity index (χ3v) is 2.30. The van der Waals surface area contributed by atoms with Crippen molar-refractivity contribution in [1.29, 1.82) is 0 Å². The molecule has 1 N–H and O–H groups in total. The van der Waals surface area contributed by atoms with E-state index in [2.05, 4.69) is 15.9 Å². The van der Waals surface area contributed by atoms with Crippen molar-refractivity contribution in [3.8, 4) is 5.75 Å². The molecule has 0 aliphatic rings. The lowest BCUT2D eigenvalue weighted by atomic mass is 10.2. The van der Waals surface area contributed by atoms with Crippen LogP contribution in [0.5, 0.6) is 5.75 Å². The summed E-state index contributed by atoms with van der Waals surface area (Å²) in [4.78, 5) is 10.3. The summed E-state index contributed by atoms with van der Waals surface area (Å²) < 4.78 is 5.92. The zero-order chi connectivity index (χ0) is 10.6. The molecule has 0 heterocycles. The summed E-state index contributed by atoms with van der Waals surface area (Å²) in [5.74, 6) is -0.215. The van der Waals surface area contributed by atoms with Gasteiger partial charge in [0, 0.05) is 10.0 Å². The maximum Gasteiger partial charge on any atom is 0.341 e. The Morgan fingerprint density at radius 1 is 1.57 bits per heavy atom. The highest BCUT2D eigenvalue weighted by Crippen LogP contribution is 2.24. The molecule has 0 aromatic heterocycles. The molecule has 0 radical (unpaired) electrons. The van der Waals surface area contributed by atoms with Gasteiger partial charge in [-0.1, -0.05) is 15.9 Å². The molecule has 1 aromatic rings. The van der Waals surface area contributed by atoms with Crippen molar-refractivity contribution in [2.24, 2.45) is 0 Å². The summed E-state index contributed by atoms with van der Waals surface area (Å²) in [5.41, 5.74) is 0.766. The standard InChI is InChI=1S/C9H8BrClO3/c10-7-1-2-8(6(3-7)4-11)14-5-9(12)13/h1-3H,4-5H2,(H,12,13). The van der Waals surface area contributed by atoms with Crippen LogP contribution in [0.4, 0.5) is 0 Å². The molecule has 0 saturated carbocycles. The molecule has 3 nitrogen and oxygen atoms in total. The lowest BCUT2D eigenvalue weighted by molar-refractivity contribution is -0.139. The molecule has 0 atom stereocenters. The van der Waals surface area contributed by atoms with Gasteiger partial charge in [-0.15, -0.1) is 11.6 Å². The fourth-order valence-electron chi connectivity index (χ4n) is 0.933. The first kappa shape index (κ1) is 11.3. The lowest BCUT2D eigenvalue weighted by Gasteiger charge is -2.07. The summed E-state index contributed by atoms with van der Waals surface area (Å²) in [6.45, 7) is -0.356. The SMILES string of the molecule is O=C(O)COc1ccc(Br)cc1CCl. The van der Waals surface area contributed by atoms with Gasteiger partial charge in [0.2, 0.25) is 0 Å². The number of benzene rings is 1. The normalized spacial score (nSPS) is 9.86. The molecule has 0 aliphatic heterocycles. The van der Waals surface area contributed by atoms with E-state index in [-0.39, 0.29) is 12.5 Å². The van der Waals surface area contributed by atoms with Gasteiger partial charge in [-0.2, -0.15) is 0 Å². The van der Waals surface area contributed by atoms with Crippen molar-refractivity contribution in [3.05, 3.63) is 28.2 Å². The van der Waals surface area contributed by atoms with Crippen molar-refractivity contribution in [2.75, 3.05) is 6.61 Å². The van der Waals surface area contributed by atoms with Crippen LogP contribution in [0.25, 0.3) is 0 Å². The van der Waals surface area contributed by atoms with Gasteiger partial charge in [0.25, 0.3) is 0 Å². The highest BCUT2D eigenvalue weighted by molar-refractivity contribution is 9.10. The van der Waals surface area contributed by atoms with E-state index < -0.39 is 5.97 Å². The van der Waals surface area contributed by atoms with Crippen molar-refractivity contribution in [3.63, 3.8) is 0 Å². The highest BCUT2D eigenvalue weighted by Gasteiger charge is 2.05. The molecule has 0 fully saturated rings. The summed E-state index contributed by atoms with van der Waals surface area (Å²) in [7, 11) is 0. The van der Waals surface area contributed by atoms with Crippen LogP contribution in [0, 0.1) is 0 Å². The lowest BCUT2D eigenvalue weighted by Crippen LogP contribution is -2.10. The second-order valence-corrected chi connectivity index (χ2v) is 3.75. The first-order valence-electron chi connectivity index (χ1n) is 3.82. The highest BCUT2D eigenvalue weighted by atomic mass is 79.9. The van der Waals surface area contributed by atoms with E-state index in [0.29, 0.717) is 5.75 Å². The maximum absolute atomic E-state index is 10.3. The molecule has 0 aliphatic carbocycles. The minimum atomic E-state index is -1.01. The zero-order valence-electron chi connectivity index (χ0n) is 7.17. The number of carbonyl (C=O) groups is 1. The summed E-state index contributed by atoms with van der Waals surface area (Å²) in [5, 5.41) is 8.43. The molecule has 1 aromatic carbocycles. The Morgan fingerprint density at radius 2 is 2.29 bits per heavy atom. The van der Waals surface area contributed by atoms with Gasteiger partial charge < -0.3 is 9.84 Å². The number of alkyl halides is 1. The summed E-state index contributed by atoms with van der Waals surface area (Å²) in [6, 6.07) is 5.25. The third-order valence-electron chi connectivity index (χ3n) is 1.52. The predicted molar refractivity (Wildman–Crippen MR) is 56.8 cm³/mol. The van der Waals surface area contributed by atoms with Crippen LogP contribution >= 0.6 is 27.5 Å². The monoisotopic (exact) mass is 278 g/mol. The Labute approximate surface area is 94.8 Å². The number of carboxylic acid groups (broad SMARTS) is 1. The minimum absolute atomic E-state index is 0.286. The number of carboxylic acids is 1. The van der Waals surface area contributed by atoms with Gasteiger partial charge in [-0.25, -0.2) is 4.79 Å². The molecular formula is C9H8BrClO3. The summed E-state index contributed by atoms with van der Waals surface area (Å²) >= 11 is 8.96. The Balaban J connectivity index is 2.80. The Bertz CT molecular complexity index is 341. The molecule has 0 bridgehead atoms. The second-order valence-electron chi connectivity index (χ2n) is 2.57. The number of hydrogen-bond acceptors (Lipinski definition) is 2. The van der Waals surface area contributed by atoms with Gasteiger partial charge in [0.1, 0.15) is 5.75 Å². The molecule has 0 saturated heterocycles. The predicted octanol–water partition coefficient (Wildman–Crippen LogP) is 2.65. The number of aliphatic carboxylic acids is 1. The molecule has 76 valence electrons. The van der Waals surface area contributed by atoms with Crippen molar-refractivity contribution in [2.45, 2.75) is 5.88 Å². The van der Waals surface area contributed by atoms with Gasteiger partial charge >= 0.3 is 5.97 Å². The van der Waals surface area contributed by atoms with Crippen LogP contribution in [0.2, 0.25) is 0 Å². The third kappa shape index (κ3) is 3.20. The van der Waals surface area contributed by atoms with Crippen molar-refractivity contribution in [1.82, 2.24) is 0 Å². The van der Waals surface area contributed by atoms with Gasteiger partial charge in [-0.05, 0) is 18.2 Å². The zero-order valence-corrected chi connectivity index (χ0v) is 9.51. The molecule has 1 rings (SSSR count). The number of ether oxygens (including phenoxy) is 1. The largest absolute Gasteiger partial charge is 0.482 e.